The molecular weight excluding hydrogens is 234 g/mol. The molecule has 3 heteroatoms. The van der Waals surface area contributed by atoms with Crippen molar-refractivity contribution in [1.29, 1.82) is 0 Å². The lowest BCUT2D eigenvalue weighted by Crippen LogP contribution is -2.38. The third kappa shape index (κ3) is 4.51. The maximum absolute atomic E-state index is 3.69. The summed E-state index contributed by atoms with van der Waals surface area (Å²) in [4.78, 5) is 4.74. The zero-order valence-corrected chi connectivity index (χ0v) is 12.5. The van der Waals surface area contributed by atoms with Gasteiger partial charge in [0.25, 0.3) is 0 Å². The van der Waals surface area contributed by atoms with Crippen LogP contribution < -0.4 is 5.32 Å². The molecule has 3 nitrogen and oxygen atoms in total. The number of piperidine rings is 1. The van der Waals surface area contributed by atoms with Crippen molar-refractivity contribution in [2.24, 2.45) is 0 Å². The largest absolute Gasteiger partial charge is 0.382 e. The van der Waals surface area contributed by atoms with Crippen LogP contribution >= 0.6 is 0 Å². The van der Waals surface area contributed by atoms with Crippen LogP contribution in [0.5, 0.6) is 0 Å². The highest BCUT2D eigenvalue weighted by Gasteiger charge is 2.17. The minimum Gasteiger partial charge on any atom is -0.382 e. The van der Waals surface area contributed by atoms with Crippen LogP contribution in [0.1, 0.15) is 25.3 Å². The van der Waals surface area contributed by atoms with Crippen LogP contribution in [0.2, 0.25) is 0 Å². The SMILES string of the molecule is CCN1CCC(Nc2cccc(CN(C)C)c2)CC1. The highest BCUT2D eigenvalue weighted by Crippen LogP contribution is 2.18. The van der Waals surface area contributed by atoms with Crippen LogP contribution in [0, 0.1) is 0 Å². The molecule has 1 aromatic carbocycles. The molecule has 0 aliphatic carbocycles. The van der Waals surface area contributed by atoms with E-state index in [4.69, 9.17) is 0 Å². The Morgan fingerprint density at radius 3 is 2.63 bits per heavy atom. The molecule has 0 atom stereocenters. The van der Waals surface area contributed by atoms with Gasteiger partial charge in [0.15, 0.2) is 0 Å². The van der Waals surface area contributed by atoms with Crippen LogP contribution in [0.4, 0.5) is 5.69 Å². The van der Waals surface area contributed by atoms with E-state index in [0.29, 0.717) is 6.04 Å². The second kappa shape index (κ2) is 6.92. The Morgan fingerprint density at radius 2 is 2.00 bits per heavy atom. The van der Waals surface area contributed by atoms with Gasteiger partial charge in [0.2, 0.25) is 0 Å². The lowest BCUT2D eigenvalue weighted by Gasteiger charge is -2.32. The third-order valence-corrected chi connectivity index (χ3v) is 3.83. The second-order valence-electron chi connectivity index (χ2n) is 5.79. The molecule has 1 saturated heterocycles. The van der Waals surface area contributed by atoms with Gasteiger partial charge in [0.1, 0.15) is 0 Å². The van der Waals surface area contributed by atoms with Gasteiger partial charge in [-0.1, -0.05) is 19.1 Å². The topological polar surface area (TPSA) is 18.5 Å². The van der Waals surface area contributed by atoms with Gasteiger partial charge in [-0.15, -0.1) is 0 Å². The summed E-state index contributed by atoms with van der Waals surface area (Å²) < 4.78 is 0. The smallest absolute Gasteiger partial charge is 0.0345 e. The van der Waals surface area contributed by atoms with Crippen LogP contribution in [0.25, 0.3) is 0 Å². The fourth-order valence-electron chi connectivity index (χ4n) is 2.75. The number of hydrogen-bond donors (Lipinski definition) is 1. The number of likely N-dealkylation sites (tertiary alicyclic amines) is 1. The predicted octanol–water partition coefficient (Wildman–Crippen LogP) is 2.64. The highest BCUT2D eigenvalue weighted by atomic mass is 15.1. The van der Waals surface area contributed by atoms with Gasteiger partial charge < -0.3 is 15.1 Å². The predicted molar refractivity (Wildman–Crippen MR) is 82.6 cm³/mol. The summed E-state index contributed by atoms with van der Waals surface area (Å²) in [7, 11) is 4.22. The van der Waals surface area contributed by atoms with Crippen molar-refractivity contribution in [1.82, 2.24) is 9.80 Å². The Morgan fingerprint density at radius 1 is 1.26 bits per heavy atom. The molecular formula is C16H27N3. The first kappa shape index (κ1) is 14.4. The molecule has 1 aromatic rings. The maximum atomic E-state index is 3.69. The van der Waals surface area contributed by atoms with Crippen LogP contribution in [0.3, 0.4) is 0 Å². The molecule has 1 N–H and O–H groups in total. The van der Waals surface area contributed by atoms with E-state index in [0.717, 1.165) is 6.54 Å². The number of anilines is 1. The Labute approximate surface area is 117 Å². The zero-order valence-electron chi connectivity index (χ0n) is 12.5. The molecule has 0 unspecified atom stereocenters. The lowest BCUT2D eigenvalue weighted by molar-refractivity contribution is 0.229. The van der Waals surface area contributed by atoms with Crippen molar-refractivity contribution in [2.75, 3.05) is 39.0 Å². The molecule has 19 heavy (non-hydrogen) atoms. The molecule has 1 aliphatic rings. The van der Waals surface area contributed by atoms with Gasteiger partial charge in [-0.3, -0.25) is 0 Å². The minimum absolute atomic E-state index is 0.636. The molecule has 0 radical (unpaired) electrons. The first-order chi connectivity index (χ1) is 9.17. The van der Waals surface area contributed by atoms with E-state index in [-0.39, 0.29) is 0 Å². The average Bonchev–Trinajstić information content (AvgIpc) is 2.39. The van der Waals surface area contributed by atoms with Crippen molar-refractivity contribution in [2.45, 2.75) is 32.4 Å². The van der Waals surface area contributed by atoms with Gasteiger partial charge in [-0.2, -0.15) is 0 Å². The summed E-state index contributed by atoms with van der Waals surface area (Å²) in [5.74, 6) is 0. The fraction of sp³-hybridized carbons (Fsp3) is 0.625. The summed E-state index contributed by atoms with van der Waals surface area (Å²) in [5, 5.41) is 3.69. The molecule has 0 saturated carbocycles. The van der Waals surface area contributed by atoms with E-state index in [1.54, 1.807) is 0 Å². The molecule has 0 spiro atoms. The van der Waals surface area contributed by atoms with E-state index >= 15 is 0 Å². The quantitative estimate of drug-likeness (QED) is 0.879. The summed E-state index contributed by atoms with van der Waals surface area (Å²) in [6.07, 6.45) is 2.51. The molecule has 2 rings (SSSR count). The number of hydrogen-bond acceptors (Lipinski definition) is 3. The normalized spacial score (nSPS) is 17.9. The summed E-state index contributed by atoms with van der Waals surface area (Å²) >= 11 is 0. The fourth-order valence-corrected chi connectivity index (χ4v) is 2.75. The number of nitrogens with one attached hydrogen (secondary N) is 1. The highest BCUT2D eigenvalue weighted by molar-refractivity contribution is 5.46. The van der Waals surface area contributed by atoms with Gasteiger partial charge in [0, 0.05) is 31.4 Å². The Balaban J connectivity index is 1.89. The second-order valence-corrected chi connectivity index (χ2v) is 5.79. The molecule has 0 amide bonds. The number of nitrogens with zero attached hydrogens (tertiary/aromatic N) is 2. The maximum Gasteiger partial charge on any atom is 0.0345 e. The monoisotopic (exact) mass is 261 g/mol. The van der Waals surface area contributed by atoms with Crippen LogP contribution in [-0.4, -0.2) is 49.6 Å². The number of benzene rings is 1. The van der Waals surface area contributed by atoms with Crippen molar-refractivity contribution in [3.8, 4) is 0 Å². The first-order valence-electron chi connectivity index (χ1n) is 7.40. The van der Waals surface area contributed by atoms with Crippen molar-refractivity contribution in [3.05, 3.63) is 29.8 Å². The van der Waals surface area contributed by atoms with Gasteiger partial charge in [-0.25, -0.2) is 0 Å². The molecule has 1 heterocycles. The summed E-state index contributed by atoms with van der Waals surface area (Å²) in [6, 6.07) is 9.46. The Bertz CT molecular complexity index is 381. The van der Waals surface area contributed by atoms with Gasteiger partial charge >= 0.3 is 0 Å². The van der Waals surface area contributed by atoms with E-state index in [9.17, 15) is 0 Å². The molecule has 1 aliphatic heterocycles. The van der Waals surface area contributed by atoms with Crippen molar-refractivity contribution >= 4 is 5.69 Å². The Hall–Kier alpha value is -1.06. The summed E-state index contributed by atoms with van der Waals surface area (Å²) in [6.45, 7) is 6.89. The minimum atomic E-state index is 0.636. The van der Waals surface area contributed by atoms with Crippen LogP contribution in [-0.2, 0) is 6.54 Å². The van der Waals surface area contributed by atoms with E-state index in [2.05, 4.69) is 60.4 Å². The molecule has 106 valence electrons. The number of rotatable bonds is 5. The molecule has 0 aromatic heterocycles. The standard InChI is InChI=1S/C16H27N3/c1-4-19-10-8-15(9-11-19)17-16-7-5-6-14(12-16)13-18(2)3/h5-7,12,15,17H,4,8-11,13H2,1-3H3. The van der Waals surface area contributed by atoms with Crippen molar-refractivity contribution < 1.29 is 0 Å². The van der Waals surface area contributed by atoms with Crippen molar-refractivity contribution in [3.63, 3.8) is 0 Å². The first-order valence-corrected chi connectivity index (χ1v) is 7.40. The average molecular weight is 261 g/mol. The van der Waals surface area contributed by atoms with Crippen LogP contribution in [0.15, 0.2) is 24.3 Å². The van der Waals surface area contributed by atoms with Gasteiger partial charge in [-0.05, 0) is 51.2 Å². The van der Waals surface area contributed by atoms with Gasteiger partial charge in [0.05, 0.1) is 0 Å². The lowest BCUT2D eigenvalue weighted by atomic mass is 10.0. The summed E-state index contributed by atoms with van der Waals surface area (Å²) in [5.41, 5.74) is 2.65. The molecule has 1 fully saturated rings. The third-order valence-electron chi connectivity index (χ3n) is 3.83. The van der Waals surface area contributed by atoms with E-state index in [1.165, 1.54) is 43.7 Å². The zero-order chi connectivity index (χ0) is 13.7. The van der Waals surface area contributed by atoms with E-state index in [1.807, 2.05) is 0 Å². The Kier molecular flexibility index (Phi) is 5.23. The van der Waals surface area contributed by atoms with E-state index < -0.39 is 0 Å². The molecule has 0 bridgehead atoms.